The zero-order valence-electron chi connectivity index (χ0n) is 10.2. The van der Waals surface area contributed by atoms with E-state index in [0.717, 1.165) is 25.8 Å². The lowest BCUT2D eigenvalue weighted by Gasteiger charge is -2.23. The molecule has 5 nitrogen and oxygen atoms in total. The van der Waals surface area contributed by atoms with Crippen molar-refractivity contribution in [1.29, 1.82) is 0 Å². The van der Waals surface area contributed by atoms with Crippen molar-refractivity contribution < 1.29 is 10.3 Å². The number of amidine groups is 1. The first-order valence-corrected chi connectivity index (χ1v) is 5.82. The molecular weight excluding hydrogens is 206 g/mol. The van der Waals surface area contributed by atoms with Gasteiger partial charge in [-0.15, -0.1) is 0 Å². The molecule has 1 aliphatic rings. The first-order valence-electron chi connectivity index (χ1n) is 5.82. The molecule has 0 aromatic carbocycles. The molecule has 0 aliphatic heterocycles. The first-order chi connectivity index (χ1) is 7.43. The van der Waals surface area contributed by atoms with Gasteiger partial charge in [-0.25, -0.2) is 0 Å². The maximum Gasteiger partial charge on any atom is 0.139 e. The molecule has 1 aliphatic carbocycles. The normalized spacial score (nSPS) is 22.8. The third-order valence-corrected chi connectivity index (χ3v) is 3.41. The summed E-state index contributed by atoms with van der Waals surface area (Å²) < 4.78 is 0. The fourth-order valence-corrected chi connectivity index (χ4v) is 1.73. The van der Waals surface area contributed by atoms with Crippen LogP contribution in [-0.2, 0) is 0 Å². The fourth-order valence-electron chi connectivity index (χ4n) is 1.73. The number of nitrogens with one attached hydrogen (secondary N) is 1. The zero-order valence-corrected chi connectivity index (χ0v) is 10.2. The minimum absolute atomic E-state index is 0.153. The number of aliphatic hydroxyl groups is 1. The van der Waals surface area contributed by atoms with Crippen LogP contribution < -0.4 is 11.1 Å². The van der Waals surface area contributed by atoms with Crippen molar-refractivity contribution >= 4 is 5.84 Å². The molecule has 94 valence electrons. The van der Waals surface area contributed by atoms with Crippen LogP contribution in [0.15, 0.2) is 5.16 Å². The predicted octanol–water partition coefficient (Wildman–Crippen LogP) is 0.654. The van der Waals surface area contributed by atoms with Gasteiger partial charge in [-0.3, -0.25) is 0 Å². The average Bonchev–Trinajstić information content (AvgIpc) is 2.98. The highest BCUT2D eigenvalue weighted by molar-refractivity contribution is 5.80. The number of oxime groups is 1. The molecule has 0 bridgehead atoms. The van der Waals surface area contributed by atoms with Gasteiger partial charge in [0.15, 0.2) is 0 Å². The third kappa shape index (κ3) is 3.98. The smallest absolute Gasteiger partial charge is 0.139 e. The van der Waals surface area contributed by atoms with Crippen molar-refractivity contribution in [3.05, 3.63) is 0 Å². The Balaban J connectivity index is 2.27. The van der Waals surface area contributed by atoms with E-state index in [9.17, 15) is 5.11 Å². The van der Waals surface area contributed by atoms with Crippen LogP contribution in [0.5, 0.6) is 0 Å². The van der Waals surface area contributed by atoms with Crippen LogP contribution in [0.1, 0.15) is 39.5 Å². The molecule has 0 spiro atoms. The van der Waals surface area contributed by atoms with Gasteiger partial charge in [0.2, 0.25) is 0 Å². The van der Waals surface area contributed by atoms with Gasteiger partial charge in [0, 0.05) is 19.5 Å². The minimum atomic E-state index is -0.646. The van der Waals surface area contributed by atoms with Crippen LogP contribution in [0.2, 0.25) is 0 Å². The van der Waals surface area contributed by atoms with Gasteiger partial charge in [-0.1, -0.05) is 12.1 Å². The van der Waals surface area contributed by atoms with Crippen LogP contribution in [0, 0.1) is 5.41 Å². The summed E-state index contributed by atoms with van der Waals surface area (Å²) in [7, 11) is 0. The van der Waals surface area contributed by atoms with Crippen molar-refractivity contribution in [3.8, 4) is 0 Å². The summed E-state index contributed by atoms with van der Waals surface area (Å²) in [6.07, 6.45) is 3.56. The van der Waals surface area contributed by atoms with Crippen molar-refractivity contribution in [2.24, 2.45) is 16.3 Å². The van der Waals surface area contributed by atoms with Gasteiger partial charge in [0.1, 0.15) is 5.84 Å². The molecule has 1 fully saturated rings. The maximum absolute atomic E-state index is 9.82. The molecule has 0 amide bonds. The summed E-state index contributed by atoms with van der Waals surface area (Å²) in [5.41, 5.74) is 5.01. The molecule has 5 heteroatoms. The Morgan fingerprint density at radius 2 is 2.19 bits per heavy atom. The third-order valence-electron chi connectivity index (χ3n) is 3.41. The van der Waals surface area contributed by atoms with Gasteiger partial charge in [0.25, 0.3) is 0 Å². The predicted molar refractivity (Wildman–Crippen MR) is 63.5 cm³/mol. The Kier molecular flexibility index (Phi) is 4.15. The van der Waals surface area contributed by atoms with Crippen LogP contribution in [0.3, 0.4) is 0 Å². The summed E-state index contributed by atoms with van der Waals surface area (Å²) in [5, 5.41) is 24.6. The van der Waals surface area contributed by atoms with E-state index >= 15 is 0 Å². The summed E-state index contributed by atoms with van der Waals surface area (Å²) in [5.74, 6) is 0.293. The van der Waals surface area contributed by atoms with Gasteiger partial charge < -0.3 is 21.4 Å². The highest BCUT2D eigenvalue weighted by Gasteiger charge is 2.43. The summed E-state index contributed by atoms with van der Waals surface area (Å²) >= 11 is 0. The quantitative estimate of drug-likeness (QED) is 0.223. The lowest BCUT2D eigenvalue weighted by molar-refractivity contribution is 0.0547. The van der Waals surface area contributed by atoms with Crippen molar-refractivity contribution in [2.75, 3.05) is 13.1 Å². The standard InChI is InChI=1S/C11H23N3O2/c1-3-10(2,15)7-13-8-11(4-5-11)6-9(12)14-16/h13,15-16H,3-8H2,1-2H3,(H2,12,14). The first kappa shape index (κ1) is 13.3. The second kappa shape index (κ2) is 5.01. The lowest BCUT2D eigenvalue weighted by Crippen LogP contribution is -2.40. The van der Waals surface area contributed by atoms with E-state index in [-0.39, 0.29) is 5.41 Å². The highest BCUT2D eigenvalue weighted by atomic mass is 16.4. The molecule has 0 aromatic rings. The molecule has 16 heavy (non-hydrogen) atoms. The Bertz CT molecular complexity index is 260. The second-order valence-electron chi connectivity index (χ2n) is 5.22. The monoisotopic (exact) mass is 229 g/mol. The van der Waals surface area contributed by atoms with Crippen molar-refractivity contribution in [3.63, 3.8) is 0 Å². The Morgan fingerprint density at radius 1 is 1.56 bits per heavy atom. The van der Waals surface area contributed by atoms with E-state index in [1.807, 2.05) is 13.8 Å². The van der Waals surface area contributed by atoms with E-state index in [0.29, 0.717) is 18.8 Å². The summed E-state index contributed by atoms with van der Waals surface area (Å²) in [6.45, 7) is 5.19. The Hall–Kier alpha value is -0.810. The van der Waals surface area contributed by atoms with Gasteiger partial charge >= 0.3 is 0 Å². The zero-order chi connectivity index (χ0) is 12.2. The van der Waals surface area contributed by atoms with Gasteiger partial charge in [-0.2, -0.15) is 0 Å². The largest absolute Gasteiger partial charge is 0.409 e. The fraction of sp³-hybridized carbons (Fsp3) is 0.909. The molecular formula is C11H23N3O2. The average molecular weight is 229 g/mol. The molecule has 0 radical (unpaired) electrons. The van der Waals surface area contributed by atoms with E-state index < -0.39 is 5.60 Å². The second-order valence-corrected chi connectivity index (χ2v) is 5.22. The Labute approximate surface area is 96.7 Å². The molecule has 1 saturated carbocycles. The number of rotatable bonds is 7. The number of hydrogen-bond acceptors (Lipinski definition) is 4. The van der Waals surface area contributed by atoms with Crippen LogP contribution in [-0.4, -0.2) is 34.8 Å². The van der Waals surface area contributed by atoms with E-state index in [4.69, 9.17) is 10.9 Å². The molecule has 1 rings (SSSR count). The summed E-state index contributed by atoms with van der Waals surface area (Å²) in [6, 6.07) is 0. The highest BCUT2D eigenvalue weighted by Crippen LogP contribution is 2.48. The summed E-state index contributed by atoms with van der Waals surface area (Å²) in [4.78, 5) is 0. The maximum atomic E-state index is 9.82. The number of nitrogens with two attached hydrogens (primary N) is 1. The Morgan fingerprint density at radius 3 is 2.62 bits per heavy atom. The van der Waals surface area contributed by atoms with E-state index in [1.165, 1.54) is 0 Å². The molecule has 0 aromatic heterocycles. The molecule has 1 unspecified atom stereocenters. The number of nitrogens with zero attached hydrogens (tertiary/aromatic N) is 1. The van der Waals surface area contributed by atoms with Crippen molar-refractivity contribution in [1.82, 2.24) is 5.32 Å². The van der Waals surface area contributed by atoms with Crippen LogP contribution in [0.25, 0.3) is 0 Å². The van der Waals surface area contributed by atoms with E-state index in [1.54, 1.807) is 0 Å². The SMILES string of the molecule is CCC(C)(O)CNCC1(CC(N)=NO)CC1. The number of hydrogen-bond donors (Lipinski definition) is 4. The molecule has 5 N–H and O–H groups in total. The minimum Gasteiger partial charge on any atom is -0.409 e. The van der Waals surface area contributed by atoms with Crippen molar-refractivity contribution in [2.45, 2.75) is 45.1 Å². The molecule has 0 saturated heterocycles. The van der Waals surface area contributed by atoms with Crippen LogP contribution in [0.4, 0.5) is 0 Å². The molecule has 0 heterocycles. The molecule has 1 atom stereocenters. The van der Waals surface area contributed by atoms with Gasteiger partial charge in [0.05, 0.1) is 5.60 Å². The lowest BCUT2D eigenvalue weighted by atomic mass is 10.00. The topological polar surface area (TPSA) is 90.9 Å². The van der Waals surface area contributed by atoms with Crippen LogP contribution >= 0.6 is 0 Å². The van der Waals surface area contributed by atoms with Gasteiger partial charge in [-0.05, 0) is 31.6 Å². The van der Waals surface area contributed by atoms with E-state index in [2.05, 4.69) is 10.5 Å².